The van der Waals surface area contributed by atoms with E-state index in [0.29, 0.717) is 25.7 Å². The number of terminal acetylenes is 1. The second kappa shape index (κ2) is 7.71. The van der Waals surface area contributed by atoms with Crippen LogP contribution in [0.5, 0.6) is 0 Å². The summed E-state index contributed by atoms with van der Waals surface area (Å²) in [4.78, 5) is 24.3. The molecule has 1 amide bonds. The quantitative estimate of drug-likeness (QED) is 0.622. The molecule has 130 valence electrons. The van der Waals surface area contributed by atoms with Gasteiger partial charge in [0.2, 0.25) is 5.91 Å². The molecule has 0 heterocycles. The standard InChI is InChI=1S/C16H22F3NO3/c1-4-15(3,5-2)20-13(21)11-8-6-7-9-12(11)14(22)23-10-16(17,18)19/h1,11-12H,5-10H2,2-3H3,(H,20,21). The largest absolute Gasteiger partial charge is 0.456 e. The van der Waals surface area contributed by atoms with Gasteiger partial charge >= 0.3 is 12.1 Å². The maximum absolute atomic E-state index is 12.4. The minimum Gasteiger partial charge on any atom is -0.456 e. The molecule has 4 nitrogen and oxygen atoms in total. The Morgan fingerprint density at radius 2 is 1.83 bits per heavy atom. The average molecular weight is 333 g/mol. The van der Waals surface area contributed by atoms with Crippen LogP contribution < -0.4 is 5.32 Å². The van der Waals surface area contributed by atoms with Gasteiger partial charge in [-0.1, -0.05) is 25.7 Å². The summed E-state index contributed by atoms with van der Waals surface area (Å²) in [6.07, 6.45) is 3.52. The van der Waals surface area contributed by atoms with Gasteiger partial charge in [0, 0.05) is 0 Å². The number of alkyl halides is 3. The average Bonchev–Trinajstić information content (AvgIpc) is 2.51. The zero-order chi connectivity index (χ0) is 17.7. The highest BCUT2D eigenvalue weighted by Gasteiger charge is 2.40. The molecule has 0 aromatic rings. The van der Waals surface area contributed by atoms with Crippen LogP contribution in [-0.4, -0.2) is 30.2 Å². The van der Waals surface area contributed by atoms with Crippen molar-refractivity contribution in [3.63, 3.8) is 0 Å². The van der Waals surface area contributed by atoms with Crippen molar-refractivity contribution in [1.29, 1.82) is 0 Å². The predicted octanol–water partition coefficient (Wildman–Crippen LogP) is 2.82. The predicted molar refractivity (Wildman–Crippen MR) is 78.1 cm³/mol. The van der Waals surface area contributed by atoms with E-state index in [4.69, 9.17) is 6.42 Å². The smallest absolute Gasteiger partial charge is 0.422 e. The van der Waals surface area contributed by atoms with E-state index in [-0.39, 0.29) is 0 Å². The van der Waals surface area contributed by atoms with Crippen LogP contribution in [-0.2, 0) is 14.3 Å². The number of rotatable bonds is 5. The summed E-state index contributed by atoms with van der Waals surface area (Å²) in [7, 11) is 0. The number of halogens is 3. The minimum atomic E-state index is -4.58. The van der Waals surface area contributed by atoms with Crippen LogP contribution >= 0.6 is 0 Å². The number of carbonyl (C=O) groups excluding carboxylic acids is 2. The molecule has 1 fully saturated rings. The SMILES string of the molecule is C#CC(C)(CC)NC(=O)C1CCCCC1C(=O)OCC(F)(F)F. The van der Waals surface area contributed by atoms with Gasteiger partial charge in [-0.2, -0.15) is 13.2 Å². The molecule has 0 saturated heterocycles. The number of esters is 1. The molecular weight excluding hydrogens is 311 g/mol. The van der Waals surface area contributed by atoms with Gasteiger partial charge in [0.1, 0.15) is 0 Å². The summed E-state index contributed by atoms with van der Waals surface area (Å²) in [5.74, 6) is -0.444. The summed E-state index contributed by atoms with van der Waals surface area (Å²) in [6.45, 7) is 1.87. The lowest BCUT2D eigenvalue weighted by Crippen LogP contribution is -2.50. The van der Waals surface area contributed by atoms with Gasteiger partial charge in [-0.15, -0.1) is 6.42 Å². The summed E-state index contributed by atoms with van der Waals surface area (Å²) < 4.78 is 40.8. The Balaban J connectivity index is 2.76. The maximum Gasteiger partial charge on any atom is 0.422 e. The molecule has 1 rings (SSSR count). The molecule has 0 aliphatic heterocycles. The molecule has 0 spiro atoms. The van der Waals surface area contributed by atoms with Gasteiger partial charge in [0.25, 0.3) is 0 Å². The molecule has 1 saturated carbocycles. The first-order valence-electron chi connectivity index (χ1n) is 7.65. The van der Waals surface area contributed by atoms with Crippen LogP contribution in [0.25, 0.3) is 0 Å². The highest BCUT2D eigenvalue weighted by molar-refractivity contribution is 5.86. The van der Waals surface area contributed by atoms with E-state index in [2.05, 4.69) is 16.0 Å². The third-order valence-corrected chi connectivity index (χ3v) is 4.21. The second-order valence-corrected chi connectivity index (χ2v) is 6.04. The van der Waals surface area contributed by atoms with E-state index in [1.807, 2.05) is 6.92 Å². The Kier molecular flexibility index (Phi) is 6.48. The van der Waals surface area contributed by atoms with Gasteiger partial charge in [0.05, 0.1) is 17.4 Å². The Bertz CT molecular complexity index is 484. The highest BCUT2D eigenvalue weighted by Crippen LogP contribution is 2.32. The first-order valence-corrected chi connectivity index (χ1v) is 7.65. The lowest BCUT2D eigenvalue weighted by Gasteiger charge is -2.32. The topological polar surface area (TPSA) is 55.4 Å². The van der Waals surface area contributed by atoms with Gasteiger partial charge in [-0.05, 0) is 26.2 Å². The van der Waals surface area contributed by atoms with Crippen molar-refractivity contribution in [3.8, 4) is 12.3 Å². The van der Waals surface area contributed by atoms with Gasteiger partial charge in [-0.25, -0.2) is 0 Å². The lowest BCUT2D eigenvalue weighted by atomic mass is 9.78. The summed E-state index contributed by atoms with van der Waals surface area (Å²) >= 11 is 0. The molecule has 0 bridgehead atoms. The molecule has 0 aromatic heterocycles. The van der Waals surface area contributed by atoms with Gasteiger partial charge in [0.15, 0.2) is 6.61 Å². The van der Waals surface area contributed by atoms with Crippen LogP contribution in [0, 0.1) is 24.2 Å². The van der Waals surface area contributed by atoms with E-state index in [9.17, 15) is 22.8 Å². The van der Waals surface area contributed by atoms with Crippen LogP contribution in [0.3, 0.4) is 0 Å². The van der Waals surface area contributed by atoms with Crippen molar-refractivity contribution in [2.75, 3.05) is 6.61 Å². The van der Waals surface area contributed by atoms with E-state index >= 15 is 0 Å². The van der Waals surface area contributed by atoms with Gasteiger partial charge in [-0.3, -0.25) is 9.59 Å². The van der Waals surface area contributed by atoms with Gasteiger partial charge < -0.3 is 10.1 Å². The Labute approximate surface area is 134 Å². The molecule has 0 aromatic carbocycles. The number of nitrogens with one attached hydrogen (secondary N) is 1. The first kappa shape index (κ1) is 19.3. The van der Waals surface area contributed by atoms with Crippen LogP contribution in [0.1, 0.15) is 46.0 Å². The molecule has 23 heavy (non-hydrogen) atoms. The molecule has 3 unspecified atom stereocenters. The van der Waals surface area contributed by atoms with E-state index in [1.54, 1.807) is 6.92 Å². The minimum absolute atomic E-state index is 0.341. The van der Waals surface area contributed by atoms with Crippen molar-refractivity contribution in [1.82, 2.24) is 5.32 Å². The Morgan fingerprint density at radius 3 is 2.30 bits per heavy atom. The molecule has 1 aliphatic rings. The maximum atomic E-state index is 12.4. The van der Waals surface area contributed by atoms with Crippen molar-refractivity contribution in [2.24, 2.45) is 11.8 Å². The summed E-state index contributed by atoms with van der Waals surface area (Å²) in [5.41, 5.74) is -0.838. The Morgan fingerprint density at radius 1 is 1.26 bits per heavy atom. The third kappa shape index (κ3) is 5.77. The van der Waals surface area contributed by atoms with E-state index in [1.165, 1.54) is 0 Å². The van der Waals surface area contributed by atoms with Crippen molar-refractivity contribution < 1.29 is 27.5 Å². The van der Waals surface area contributed by atoms with Crippen LogP contribution in [0.4, 0.5) is 13.2 Å². The Hall–Kier alpha value is -1.71. The molecule has 3 atom stereocenters. The fourth-order valence-electron chi connectivity index (χ4n) is 2.58. The number of hydrogen-bond donors (Lipinski definition) is 1. The number of ether oxygens (including phenoxy) is 1. The van der Waals surface area contributed by atoms with E-state index in [0.717, 1.165) is 6.42 Å². The third-order valence-electron chi connectivity index (χ3n) is 4.21. The normalized spacial score (nSPS) is 24.2. The molecular formula is C16H22F3NO3. The number of hydrogen-bond acceptors (Lipinski definition) is 3. The van der Waals surface area contributed by atoms with Crippen LogP contribution in [0.2, 0.25) is 0 Å². The van der Waals surface area contributed by atoms with Crippen molar-refractivity contribution >= 4 is 11.9 Å². The molecule has 1 N–H and O–H groups in total. The fourth-order valence-corrected chi connectivity index (χ4v) is 2.58. The van der Waals surface area contributed by atoms with Crippen molar-refractivity contribution in [3.05, 3.63) is 0 Å². The highest BCUT2D eigenvalue weighted by atomic mass is 19.4. The lowest BCUT2D eigenvalue weighted by molar-refractivity contribution is -0.191. The zero-order valence-corrected chi connectivity index (χ0v) is 13.3. The fraction of sp³-hybridized carbons (Fsp3) is 0.750. The number of carbonyl (C=O) groups is 2. The molecule has 1 aliphatic carbocycles. The number of amides is 1. The first-order chi connectivity index (χ1) is 10.6. The second-order valence-electron chi connectivity index (χ2n) is 6.04. The summed E-state index contributed by atoms with van der Waals surface area (Å²) in [6, 6.07) is 0. The monoisotopic (exact) mass is 333 g/mol. The van der Waals surface area contributed by atoms with Crippen molar-refractivity contribution in [2.45, 2.75) is 57.7 Å². The summed E-state index contributed by atoms with van der Waals surface area (Å²) in [5, 5.41) is 2.71. The molecule has 0 radical (unpaired) electrons. The van der Waals surface area contributed by atoms with Crippen LogP contribution in [0.15, 0.2) is 0 Å². The molecule has 7 heteroatoms. The zero-order valence-electron chi connectivity index (χ0n) is 13.3. The van der Waals surface area contributed by atoms with E-state index < -0.39 is 42.0 Å².